The third kappa shape index (κ3) is 3.68. The van der Waals surface area contributed by atoms with Crippen molar-refractivity contribution in [1.29, 1.82) is 0 Å². The number of carbonyl (C=O) groups is 1. The van der Waals surface area contributed by atoms with E-state index in [0.717, 1.165) is 18.5 Å². The number of halogens is 2. The van der Waals surface area contributed by atoms with Crippen LogP contribution in [0, 0.1) is 0 Å². The maximum Gasteiger partial charge on any atom is 0.387 e. The van der Waals surface area contributed by atoms with E-state index in [1.807, 2.05) is 6.26 Å². The molecule has 1 aromatic heterocycles. The molecule has 0 fully saturated rings. The largest absolute Gasteiger partial charge is 0.490 e. The van der Waals surface area contributed by atoms with Gasteiger partial charge in [0, 0.05) is 17.7 Å². The second-order valence-electron chi connectivity index (χ2n) is 6.58. The Kier molecular flexibility index (Phi) is 5.44. The smallest absolute Gasteiger partial charge is 0.387 e. The van der Waals surface area contributed by atoms with Gasteiger partial charge in [-0.3, -0.25) is 4.79 Å². The van der Waals surface area contributed by atoms with E-state index in [-0.39, 0.29) is 23.9 Å². The van der Waals surface area contributed by atoms with Crippen molar-refractivity contribution in [3.8, 4) is 11.5 Å². The zero-order valence-corrected chi connectivity index (χ0v) is 16.8. The summed E-state index contributed by atoms with van der Waals surface area (Å²) in [5.74, 6) is 0.744. The van der Waals surface area contributed by atoms with E-state index < -0.39 is 12.7 Å². The number of alkyl halides is 2. The van der Waals surface area contributed by atoms with Crippen molar-refractivity contribution >= 4 is 23.5 Å². The Bertz CT molecular complexity index is 976. The Morgan fingerprint density at radius 3 is 2.90 bits per heavy atom. The van der Waals surface area contributed by atoms with Crippen LogP contribution in [0.2, 0.25) is 0 Å². The van der Waals surface area contributed by atoms with Gasteiger partial charge in [0.1, 0.15) is 6.04 Å². The van der Waals surface area contributed by atoms with Crippen LogP contribution in [-0.4, -0.2) is 40.0 Å². The molecular weight excluding hydrogens is 402 g/mol. The maximum absolute atomic E-state index is 12.8. The lowest BCUT2D eigenvalue weighted by Gasteiger charge is -2.32. The third-order valence-corrected chi connectivity index (χ3v) is 5.37. The molecule has 2 aromatic rings. The Morgan fingerprint density at radius 1 is 1.34 bits per heavy atom. The summed E-state index contributed by atoms with van der Waals surface area (Å²) in [4.78, 5) is 17.3. The molecule has 2 aliphatic rings. The van der Waals surface area contributed by atoms with E-state index in [0.29, 0.717) is 28.7 Å². The van der Waals surface area contributed by atoms with E-state index in [9.17, 15) is 13.6 Å². The van der Waals surface area contributed by atoms with Gasteiger partial charge in [0.15, 0.2) is 17.3 Å². The molecular formula is C19H20F2N4O3S. The number of thioether (sulfide) groups is 1. The van der Waals surface area contributed by atoms with Crippen LogP contribution in [0.4, 0.5) is 14.7 Å². The molecule has 0 spiro atoms. The van der Waals surface area contributed by atoms with Crippen LogP contribution in [0.5, 0.6) is 11.5 Å². The lowest BCUT2D eigenvalue weighted by atomic mass is 9.85. The van der Waals surface area contributed by atoms with E-state index in [4.69, 9.17) is 4.74 Å². The number of anilines is 1. The quantitative estimate of drug-likeness (QED) is 0.705. The minimum atomic E-state index is -2.96. The number of aromatic nitrogens is 3. The average molecular weight is 422 g/mol. The maximum atomic E-state index is 12.8. The summed E-state index contributed by atoms with van der Waals surface area (Å²) < 4.78 is 37.3. The first-order valence-electron chi connectivity index (χ1n) is 9.27. The minimum Gasteiger partial charge on any atom is -0.490 e. The van der Waals surface area contributed by atoms with E-state index in [1.165, 1.54) is 17.8 Å². The molecule has 29 heavy (non-hydrogen) atoms. The molecule has 154 valence electrons. The van der Waals surface area contributed by atoms with Crippen LogP contribution in [0.15, 0.2) is 34.6 Å². The van der Waals surface area contributed by atoms with Crippen molar-refractivity contribution in [2.45, 2.75) is 44.0 Å². The number of hydrogen-bond acceptors (Lipinski definition) is 7. The predicted molar refractivity (Wildman–Crippen MR) is 104 cm³/mol. The number of hydrogen-bond donors (Lipinski definition) is 1. The van der Waals surface area contributed by atoms with Gasteiger partial charge in [-0.25, -0.2) is 4.68 Å². The molecule has 0 saturated heterocycles. The summed E-state index contributed by atoms with van der Waals surface area (Å²) in [7, 11) is 0. The van der Waals surface area contributed by atoms with Crippen molar-refractivity contribution in [2.75, 3.05) is 18.2 Å². The third-order valence-electron chi connectivity index (χ3n) is 4.83. The molecule has 4 rings (SSSR count). The molecule has 1 aliphatic carbocycles. The minimum absolute atomic E-state index is 0.0430. The molecule has 0 saturated carbocycles. The summed E-state index contributed by atoms with van der Waals surface area (Å²) in [5.41, 5.74) is 2.16. The lowest BCUT2D eigenvalue weighted by Crippen LogP contribution is -2.31. The molecule has 0 amide bonds. The normalized spacial score (nSPS) is 18.4. The van der Waals surface area contributed by atoms with E-state index in [2.05, 4.69) is 20.1 Å². The average Bonchev–Trinajstić information content (AvgIpc) is 3.10. The fourth-order valence-corrected chi connectivity index (χ4v) is 4.03. The highest BCUT2D eigenvalue weighted by Gasteiger charge is 2.37. The van der Waals surface area contributed by atoms with Crippen LogP contribution < -0.4 is 14.8 Å². The van der Waals surface area contributed by atoms with Gasteiger partial charge in [0.05, 0.1) is 6.61 Å². The summed E-state index contributed by atoms with van der Waals surface area (Å²) in [6, 6.07) is 4.22. The fraction of sp³-hybridized carbons (Fsp3) is 0.421. The summed E-state index contributed by atoms with van der Waals surface area (Å²) in [5, 5.41) is 8.34. The molecule has 1 atom stereocenters. The number of Topliss-reactive ketones (excluding diaryl/α,β-unsaturated/α-hetero) is 1. The highest BCUT2D eigenvalue weighted by molar-refractivity contribution is 7.98. The number of ketones is 1. The molecule has 7 nitrogen and oxygen atoms in total. The number of nitrogens with one attached hydrogen (secondary N) is 1. The molecule has 2 heterocycles. The van der Waals surface area contributed by atoms with Crippen molar-refractivity contribution in [2.24, 2.45) is 0 Å². The van der Waals surface area contributed by atoms with Gasteiger partial charge < -0.3 is 14.8 Å². The van der Waals surface area contributed by atoms with Gasteiger partial charge in [-0.05, 0) is 43.7 Å². The van der Waals surface area contributed by atoms with Gasteiger partial charge in [-0.2, -0.15) is 13.8 Å². The zero-order valence-electron chi connectivity index (χ0n) is 15.9. The standard InChI is InChI=1S/C19H20F2N4O3S/c1-3-27-14-9-10(7-8-13(14)28-17(20)21)16-15-11(5-4-6-12(15)26)22-18-23-19(29-2)24-25(16)18/h7-9,16-17H,3-6H2,1-2H3,(H,22,23,24). The van der Waals surface area contributed by atoms with Gasteiger partial charge in [-0.1, -0.05) is 17.8 Å². The summed E-state index contributed by atoms with van der Waals surface area (Å²) in [6.07, 6.45) is 3.84. The van der Waals surface area contributed by atoms with Gasteiger partial charge in [-0.15, -0.1) is 5.10 Å². The van der Waals surface area contributed by atoms with Crippen molar-refractivity contribution in [3.05, 3.63) is 35.0 Å². The number of ether oxygens (including phenoxy) is 2. The SMILES string of the molecule is CCOc1cc(C2C3=C(CCCC3=O)Nc3nc(SC)nn32)ccc1OC(F)F. The Hall–Kier alpha value is -2.62. The molecule has 1 unspecified atom stereocenters. The first kappa shape index (κ1) is 19.7. The van der Waals surface area contributed by atoms with Crippen molar-refractivity contribution < 1.29 is 23.0 Å². The number of nitrogens with zero attached hydrogens (tertiary/aromatic N) is 3. The molecule has 10 heteroatoms. The van der Waals surface area contributed by atoms with Gasteiger partial charge >= 0.3 is 6.61 Å². The van der Waals surface area contributed by atoms with Crippen LogP contribution >= 0.6 is 11.8 Å². The molecule has 0 radical (unpaired) electrons. The van der Waals surface area contributed by atoms with Crippen LogP contribution in [0.25, 0.3) is 0 Å². The second kappa shape index (κ2) is 8.02. The molecule has 1 aromatic carbocycles. The van der Waals surface area contributed by atoms with Crippen LogP contribution in [0.1, 0.15) is 37.8 Å². The number of carbonyl (C=O) groups excluding carboxylic acids is 1. The fourth-order valence-electron chi connectivity index (χ4n) is 3.69. The van der Waals surface area contributed by atoms with Gasteiger partial charge in [0.2, 0.25) is 11.1 Å². The number of rotatable bonds is 6. The zero-order chi connectivity index (χ0) is 20.5. The second-order valence-corrected chi connectivity index (χ2v) is 7.35. The summed E-state index contributed by atoms with van der Waals surface area (Å²) in [6.45, 7) is -0.915. The Labute approximate surface area is 170 Å². The van der Waals surface area contributed by atoms with Crippen LogP contribution in [0.3, 0.4) is 0 Å². The number of fused-ring (bicyclic) bond motifs is 1. The first-order valence-corrected chi connectivity index (χ1v) is 10.5. The van der Waals surface area contributed by atoms with Crippen molar-refractivity contribution in [3.63, 3.8) is 0 Å². The van der Waals surface area contributed by atoms with E-state index >= 15 is 0 Å². The Morgan fingerprint density at radius 2 is 2.17 bits per heavy atom. The highest BCUT2D eigenvalue weighted by atomic mass is 32.2. The van der Waals surface area contributed by atoms with E-state index in [1.54, 1.807) is 23.7 Å². The number of allylic oxidation sites excluding steroid dienone is 2. The number of benzene rings is 1. The predicted octanol–water partition coefficient (Wildman–Crippen LogP) is 4.02. The Balaban J connectivity index is 1.84. The molecule has 1 N–H and O–H groups in total. The topological polar surface area (TPSA) is 78.3 Å². The first-order chi connectivity index (χ1) is 14.0. The van der Waals surface area contributed by atoms with Crippen LogP contribution in [-0.2, 0) is 4.79 Å². The molecule has 0 bridgehead atoms. The van der Waals surface area contributed by atoms with Gasteiger partial charge in [0.25, 0.3) is 0 Å². The van der Waals surface area contributed by atoms with Crippen molar-refractivity contribution in [1.82, 2.24) is 14.8 Å². The lowest BCUT2D eigenvalue weighted by molar-refractivity contribution is -0.116. The molecule has 1 aliphatic heterocycles. The monoisotopic (exact) mass is 422 g/mol. The highest BCUT2D eigenvalue weighted by Crippen LogP contribution is 2.42. The summed E-state index contributed by atoms with van der Waals surface area (Å²) >= 11 is 1.40.